The molecule has 2 aromatic heterocycles. The number of nitrogens with zero attached hydrogens (tertiary/aromatic N) is 2. The molecule has 1 aromatic carbocycles. The van der Waals surface area contributed by atoms with Gasteiger partial charge in [-0.2, -0.15) is 0 Å². The highest BCUT2D eigenvalue weighted by molar-refractivity contribution is 5.97. The van der Waals surface area contributed by atoms with Crippen LogP contribution in [-0.2, 0) is 12.8 Å². The van der Waals surface area contributed by atoms with Crippen LogP contribution in [-0.4, -0.2) is 16.0 Å². The average Bonchev–Trinajstić information content (AvgIpc) is 3.01. The second-order valence-corrected chi connectivity index (χ2v) is 6.78. The van der Waals surface area contributed by atoms with Gasteiger partial charge in [0.15, 0.2) is 0 Å². The van der Waals surface area contributed by atoms with Crippen molar-refractivity contribution in [3.63, 3.8) is 0 Å². The van der Waals surface area contributed by atoms with Crippen LogP contribution in [0.25, 0.3) is 11.1 Å². The maximum atomic E-state index is 12.6. The fourth-order valence-corrected chi connectivity index (χ4v) is 3.46. The zero-order valence-electron chi connectivity index (χ0n) is 14.5. The minimum Gasteiger partial charge on any atom is -0.345 e. The summed E-state index contributed by atoms with van der Waals surface area (Å²) in [6.45, 7) is 3.85. The number of hydrogen-bond donors (Lipinski definition) is 1. The molecule has 0 aliphatic heterocycles. The lowest BCUT2D eigenvalue weighted by Crippen LogP contribution is -2.27. The SMILES string of the molecule is Cc1noc2ncc(C(=O)N[C@@H](C)c3ccc4c(c3)CCCC4)cc12. The molecule has 0 fully saturated rings. The van der Waals surface area contributed by atoms with Crippen LogP contribution in [0.15, 0.2) is 35.0 Å². The van der Waals surface area contributed by atoms with Crippen LogP contribution in [0, 0.1) is 6.92 Å². The number of fused-ring (bicyclic) bond motifs is 2. The summed E-state index contributed by atoms with van der Waals surface area (Å²) in [5.41, 5.74) is 5.73. The van der Waals surface area contributed by atoms with Crippen molar-refractivity contribution in [2.45, 2.75) is 45.6 Å². The van der Waals surface area contributed by atoms with Gasteiger partial charge in [-0.1, -0.05) is 23.4 Å². The van der Waals surface area contributed by atoms with Gasteiger partial charge in [0.1, 0.15) is 0 Å². The van der Waals surface area contributed by atoms with E-state index in [-0.39, 0.29) is 11.9 Å². The van der Waals surface area contributed by atoms with E-state index in [0.29, 0.717) is 11.3 Å². The number of amides is 1. The van der Waals surface area contributed by atoms with Gasteiger partial charge in [0, 0.05) is 6.20 Å². The summed E-state index contributed by atoms with van der Waals surface area (Å²) < 4.78 is 5.09. The summed E-state index contributed by atoms with van der Waals surface area (Å²) in [5, 5.41) is 7.71. The van der Waals surface area contributed by atoms with Gasteiger partial charge < -0.3 is 9.84 Å². The zero-order valence-corrected chi connectivity index (χ0v) is 14.5. The summed E-state index contributed by atoms with van der Waals surface area (Å²) in [6.07, 6.45) is 6.36. The first-order valence-corrected chi connectivity index (χ1v) is 8.76. The average molecular weight is 335 g/mol. The Bertz CT molecular complexity index is 945. The van der Waals surface area contributed by atoms with E-state index in [4.69, 9.17) is 4.52 Å². The Hall–Kier alpha value is -2.69. The van der Waals surface area contributed by atoms with Crippen molar-refractivity contribution in [1.29, 1.82) is 0 Å². The molecule has 5 nitrogen and oxygen atoms in total. The Kier molecular flexibility index (Phi) is 3.99. The lowest BCUT2D eigenvalue weighted by molar-refractivity contribution is 0.0939. The van der Waals surface area contributed by atoms with Crippen molar-refractivity contribution in [2.75, 3.05) is 0 Å². The van der Waals surface area contributed by atoms with Gasteiger partial charge in [0.05, 0.1) is 22.7 Å². The highest BCUT2D eigenvalue weighted by Gasteiger charge is 2.16. The van der Waals surface area contributed by atoms with E-state index in [9.17, 15) is 4.79 Å². The Balaban J connectivity index is 1.54. The lowest BCUT2D eigenvalue weighted by atomic mass is 9.89. The first-order valence-electron chi connectivity index (χ1n) is 8.76. The van der Waals surface area contributed by atoms with Crippen LogP contribution in [0.3, 0.4) is 0 Å². The monoisotopic (exact) mass is 335 g/mol. The number of carbonyl (C=O) groups is 1. The van der Waals surface area contributed by atoms with Crippen molar-refractivity contribution in [3.8, 4) is 0 Å². The van der Waals surface area contributed by atoms with Crippen molar-refractivity contribution in [1.82, 2.24) is 15.5 Å². The van der Waals surface area contributed by atoms with Crippen LogP contribution in [0.1, 0.15) is 58.5 Å². The number of rotatable bonds is 3. The summed E-state index contributed by atoms with van der Waals surface area (Å²) in [6, 6.07) is 8.30. The largest absolute Gasteiger partial charge is 0.345 e. The number of aromatic nitrogens is 2. The Morgan fingerprint density at radius 3 is 2.84 bits per heavy atom. The third kappa shape index (κ3) is 3.02. The number of aryl methyl sites for hydroxylation is 3. The number of pyridine rings is 1. The van der Waals surface area contributed by atoms with Gasteiger partial charge >= 0.3 is 0 Å². The summed E-state index contributed by atoms with van der Waals surface area (Å²) >= 11 is 0. The highest BCUT2D eigenvalue weighted by atomic mass is 16.5. The third-order valence-electron chi connectivity index (χ3n) is 4.99. The molecule has 1 atom stereocenters. The van der Waals surface area contributed by atoms with Gasteiger partial charge in [-0.25, -0.2) is 4.98 Å². The van der Waals surface area contributed by atoms with Crippen molar-refractivity contribution in [2.24, 2.45) is 0 Å². The first-order chi connectivity index (χ1) is 12.1. The molecule has 1 amide bonds. The maximum Gasteiger partial charge on any atom is 0.257 e. The van der Waals surface area contributed by atoms with Gasteiger partial charge in [-0.15, -0.1) is 0 Å². The predicted molar refractivity (Wildman–Crippen MR) is 95.5 cm³/mol. The van der Waals surface area contributed by atoms with Crippen molar-refractivity contribution in [3.05, 3.63) is 58.4 Å². The molecule has 0 bridgehead atoms. The molecule has 1 aliphatic rings. The molecular formula is C20H21N3O2. The molecule has 1 aliphatic carbocycles. The van der Waals surface area contributed by atoms with Crippen LogP contribution in [0.2, 0.25) is 0 Å². The van der Waals surface area contributed by atoms with Crippen LogP contribution in [0.4, 0.5) is 0 Å². The molecule has 1 N–H and O–H groups in total. The van der Waals surface area contributed by atoms with E-state index in [2.05, 4.69) is 33.7 Å². The minimum atomic E-state index is -0.139. The highest BCUT2D eigenvalue weighted by Crippen LogP contribution is 2.25. The fourth-order valence-electron chi connectivity index (χ4n) is 3.46. The Morgan fingerprint density at radius 1 is 1.20 bits per heavy atom. The maximum absolute atomic E-state index is 12.6. The number of benzene rings is 1. The van der Waals surface area contributed by atoms with E-state index in [1.807, 2.05) is 13.8 Å². The van der Waals surface area contributed by atoms with Gasteiger partial charge in [-0.05, 0) is 62.3 Å². The van der Waals surface area contributed by atoms with E-state index in [1.165, 1.54) is 36.6 Å². The van der Waals surface area contributed by atoms with E-state index in [0.717, 1.165) is 23.1 Å². The molecule has 5 heteroatoms. The van der Waals surface area contributed by atoms with E-state index >= 15 is 0 Å². The number of nitrogens with one attached hydrogen (secondary N) is 1. The number of hydrogen-bond acceptors (Lipinski definition) is 4. The Labute approximate surface area is 146 Å². The Morgan fingerprint density at radius 2 is 2.00 bits per heavy atom. The molecule has 0 saturated heterocycles. The topological polar surface area (TPSA) is 68.0 Å². The summed E-state index contributed by atoms with van der Waals surface area (Å²) in [4.78, 5) is 16.8. The van der Waals surface area contributed by atoms with Crippen molar-refractivity contribution >= 4 is 17.0 Å². The first kappa shape index (κ1) is 15.8. The summed E-state index contributed by atoms with van der Waals surface area (Å²) in [5.74, 6) is -0.139. The number of carbonyl (C=O) groups excluding carboxylic acids is 1. The van der Waals surface area contributed by atoms with Crippen LogP contribution in [0.5, 0.6) is 0 Å². The van der Waals surface area contributed by atoms with Gasteiger partial charge in [0.25, 0.3) is 11.6 Å². The molecular weight excluding hydrogens is 314 g/mol. The molecule has 3 aromatic rings. The predicted octanol–water partition coefficient (Wildman–Crippen LogP) is 3.90. The second-order valence-electron chi connectivity index (χ2n) is 6.78. The molecule has 2 heterocycles. The minimum absolute atomic E-state index is 0.0565. The third-order valence-corrected chi connectivity index (χ3v) is 4.99. The normalized spacial score (nSPS) is 15.0. The van der Waals surface area contributed by atoms with Crippen LogP contribution < -0.4 is 5.32 Å². The lowest BCUT2D eigenvalue weighted by Gasteiger charge is -2.20. The second kappa shape index (κ2) is 6.31. The molecule has 128 valence electrons. The van der Waals surface area contributed by atoms with E-state index in [1.54, 1.807) is 6.07 Å². The smallest absolute Gasteiger partial charge is 0.257 e. The molecule has 0 unspecified atom stereocenters. The van der Waals surface area contributed by atoms with E-state index < -0.39 is 0 Å². The molecule has 4 rings (SSSR count). The quantitative estimate of drug-likeness (QED) is 0.788. The molecule has 0 saturated carbocycles. The molecule has 0 radical (unpaired) electrons. The van der Waals surface area contributed by atoms with Gasteiger partial charge in [0.2, 0.25) is 0 Å². The van der Waals surface area contributed by atoms with Crippen LogP contribution >= 0.6 is 0 Å². The standard InChI is InChI=1S/C20H21N3O2/c1-12(15-8-7-14-5-3-4-6-16(14)9-15)22-19(24)17-10-18-13(2)23-25-20(18)21-11-17/h7-12H,3-6H2,1-2H3,(H,22,24)/t12-/m0/s1. The zero-order chi connectivity index (χ0) is 17.4. The molecule has 25 heavy (non-hydrogen) atoms. The fraction of sp³-hybridized carbons (Fsp3) is 0.350. The van der Waals surface area contributed by atoms with Gasteiger partial charge in [-0.3, -0.25) is 4.79 Å². The van der Waals surface area contributed by atoms with Crippen molar-refractivity contribution < 1.29 is 9.32 Å². The summed E-state index contributed by atoms with van der Waals surface area (Å²) in [7, 11) is 0. The molecule has 0 spiro atoms.